The van der Waals surface area contributed by atoms with Crippen LogP contribution in [0.2, 0.25) is 5.02 Å². The van der Waals surface area contributed by atoms with Crippen molar-refractivity contribution < 1.29 is 13.2 Å². The van der Waals surface area contributed by atoms with Crippen LogP contribution in [0.3, 0.4) is 0 Å². The molecule has 0 aliphatic carbocycles. The van der Waals surface area contributed by atoms with Crippen LogP contribution >= 0.6 is 22.3 Å². The molecule has 0 N–H and O–H groups in total. The first kappa shape index (κ1) is 13.2. The van der Waals surface area contributed by atoms with E-state index in [1.807, 2.05) is 0 Å². The monoisotopic (exact) mass is 302 g/mol. The van der Waals surface area contributed by atoms with E-state index in [4.69, 9.17) is 27.0 Å². The maximum atomic E-state index is 11.2. The van der Waals surface area contributed by atoms with Crippen molar-refractivity contribution in [1.29, 1.82) is 0 Å². The number of hydrogen-bond donors (Lipinski definition) is 0. The summed E-state index contributed by atoms with van der Waals surface area (Å²) in [4.78, 5) is -0.00405. The van der Waals surface area contributed by atoms with E-state index in [-0.39, 0.29) is 4.90 Å². The average molecular weight is 303 g/mol. The maximum absolute atomic E-state index is 11.2. The SMILES string of the molecule is O=S(=O)(Cl)c1cccc(Oc2ccc(Cl)cc2)c1. The van der Waals surface area contributed by atoms with Gasteiger partial charge in [-0.1, -0.05) is 17.7 Å². The first-order valence-electron chi connectivity index (χ1n) is 4.93. The van der Waals surface area contributed by atoms with Gasteiger partial charge in [-0.3, -0.25) is 0 Å². The molecular formula is C12H8Cl2O3S. The number of hydrogen-bond acceptors (Lipinski definition) is 3. The summed E-state index contributed by atoms with van der Waals surface area (Å²) in [5, 5.41) is 0.597. The molecule has 0 spiro atoms. The zero-order valence-corrected chi connectivity index (χ0v) is 11.3. The van der Waals surface area contributed by atoms with Gasteiger partial charge in [0.15, 0.2) is 0 Å². The molecule has 2 aromatic carbocycles. The normalized spacial score (nSPS) is 11.2. The van der Waals surface area contributed by atoms with Crippen LogP contribution in [0.4, 0.5) is 0 Å². The van der Waals surface area contributed by atoms with Crippen LogP contribution in [0, 0.1) is 0 Å². The standard InChI is InChI=1S/C12H8Cl2O3S/c13-9-4-6-10(7-5-9)17-11-2-1-3-12(8-11)18(14,15)16/h1-8H. The lowest BCUT2D eigenvalue weighted by Crippen LogP contribution is -1.91. The van der Waals surface area contributed by atoms with E-state index in [1.165, 1.54) is 12.1 Å². The van der Waals surface area contributed by atoms with Crippen LogP contribution in [0.25, 0.3) is 0 Å². The van der Waals surface area contributed by atoms with E-state index in [1.54, 1.807) is 36.4 Å². The van der Waals surface area contributed by atoms with E-state index < -0.39 is 9.05 Å². The minimum absolute atomic E-state index is 0.00405. The molecule has 0 atom stereocenters. The van der Waals surface area contributed by atoms with Crippen LogP contribution < -0.4 is 4.74 Å². The maximum Gasteiger partial charge on any atom is 0.261 e. The Balaban J connectivity index is 2.27. The van der Waals surface area contributed by atoms with Crippen molar-refractivity contribution in [3.63, 3.8) is 0 Å². The number of ether oxygens (including phenoxy) is 1. The largest absolute Gasteiger partial charge is 0.457 e. The lowest BCUT2D eigenvalue weighted by atomic mass is 10.3. The summed E-state index contributed by atoms with van der Waals surface area (Å²) >= 11 is 5.75. The van der Waals surface area contributed by atoms with Gasteiger partial charge in [-0.2, -0.15) is 0 Å². The molecule has 0 unspecified atom stereocenters. The van der Waals surface area contributed by atoms with E-state index in [0.29, 0.717) is 16.5 Å². The van der Waals surface area contributed by atoms with Gasteiger partial charge in [0, 0.05) is 21.8 Å². The fourth-order valence-electron chi connectivity index (χ4n) is 1.33. The van der Waals surface area contributed by atoms with Crippen molar-refractivity contribution in [1.82, 2.24) is 0 Å². The molecule has 0 amide bonds. The highest BCUT2D eigenvalue weighted by atomic mass is 35.7. The second-order valence-corrected chi connectivity index (χ2v) is 6.47. The quantitative estimate of drug-likeness (QED) is 0.803. The highest BCUT2D eigenvalue weighted by Gasteiger charge is 2.10. The second kappa shape index (κ2) is 5.18. The minimum atomic E-state index is -3.75. The zero-order chi connectivity index (χ0) is 13.2. The number of halogens is 2. The molecule has 0 aromatic heterocycles. The predicted molar refractivity (Wildman–Crippen MR) is 71.0 cm³/mol. The number of rotatable bonds is 3. The number of benzene rings is 2. The summed E-state index contributed by atoms with van der Waals surface area (Å²) < 4.78 is 27.8. The molecule has 18 heavy (non-hydrogen) atoms. The van der Waals surface area contributed by atoms with Gasteiger partial charge in [-0.15, -0.1) is 0 Å². The summed E-state index contributed by atoms with van der Waals surface area (Å²) in [6, 6.07) is 12.7. The summed E-state index contributed by atoms with van der Waals surface area (Å²) in [7, 11) is 1.50. The Morgan fingerprint density at radius 1 is 0.944 bits per heavy atom. The molecule has 94 valence electrons. The first-order chi connectivity index (χ1) is 8.45. The van der Waals surface area contributed by atoms with Crippen molar-refractivity contribution in [2.24, 2.45) is 0 Å². The Morgan fingerprint density at radius 3 is 2.22 bits per heavy atom. The van der Waals surface area contributed by atoms with Crippen LogP contribution in [0.15, 0.2) is 53.4 Å². The molecule has 2 rings (SSSR count). The minimum Gasteiger partial charge on any atom is -0.457 e. The third-order valence-electron chi connectivity index (χ3n) is 2.14. The molecule has 0 radical (unpaired) electrons. The fraction of sp³-hybridized carbons (Fsp3) is 0. The van der Waals surface area contributed by atoms with Gasteiger partial charge in [0.25, 0.3) is 9.05 Å². The van der Waals surface area contributed by atoms with Crippen molar-refractivity contribution in [3.8, 4) is 11.5 Å². The third-order valence-corrected chi connectivity index (χ3v) is 3.74. The molecular weight excluding hydrogens is 295 g/mol. The molecule has 0 saturated heterocycles. The van der Waals surface area contributed by atoms with Gasteiger partial charge in [0.2, 0.25) is 0 Å². The Labute approximate surface area is 114 Å². The van der Waals surface area contributed by atoms with Gasteiger partial charge in [0.1, 0.15) is 11.5 Å². The Bertz CT molecular complexity index is 651. The summed E-state index contributed by atoms with van der Waals surface area (Å²) in [5.41, 5.74) is 0. The molecule has 0 aliphatic rings. The summed E-state index contributed by atoms with van der Waals surface area (Å²) in [6.07, 6.45) is 0. The highest BCUT2D eigenvalue weighted by Crippen LogP contribution is 2.26. The van der Waals surface area contributed by atoms with Gasteiger partial charge in [-0.25, -0.2) is 8.42 Å². The molecule has 0 aliphatic heterocycles. The Hall–Kier alpha value is -1.23. The van der Waals surface area contributed by atoms with Crippen LogP contribution in [0.1, 0.15) is 0 Å². The zero-order valence-electron chi connectivity index (χ0n) is 9.01. The van der Waals surface area contributed by atoms with Gasteiger partial charge in [0.05, 0.1) is 4.90 Å². The predicted octanol–water partition coefficient (Wildman–Crippen LogP) is 4.06. The first-order valence-corrected chi connectivity index (χ1v) is 7.62. The van der Waals surface area contributed by atoms with E-state index >= 15 is 0 Å². The molecule has 0 fully saturated rings. The van der Waals surface area contributed by atoms with Gasteiger partial charge >= 0.3 is 0 Å². The molecule has 3 nitrogen and oxygen atoms in total. The third kappa shape index (κ3) is 3.38. The van der Waals surface area contributed by atoms with Crippen molar-refractivity contribution in [2.45, 2.75) is 4.90 Å². The molecule has 2 aromatic rings. The van der Waals surface area contributed by atoms with Crippen LogP contribution in [0.5, 0.6) is 11.5 Å². The fourth-order valence-corrected chi connectivity index (χ4v) is 2.24. The summed E-state index contributed by atoms with van der Waals surface area (Å²) in [6.45, 7) is 0. The second-order valence-electron chi connectivity index (χ2n) is 3.47. The molecule has 6 heteroatoms. The average Bonchev–Trinajstić information content (AvgIpc) is 2.31. The van der Waals surface area contributed by atoms with Gasteiger partial charge in [-0.05, 0) is 36.4 Å². The Kier molecular flexibility index (Phi) is 3.80. The van der Waals surface area contributed by atoms with Gasteiger partial charge < -0.3 is 4.74 Å². The lowest BCUT2D eigenvalue weighted by molar-refractivity contribution is 0.481. The van der Waals surface area contributed by atoms with Crippen molar-refractivity contribution in [2.75, 3.05) is 0 Å². The van der Waals surface area contributed by atoms with Crippen LogP contribution in [-0.4, -0.2) is 8.42 Å². The smallest absolute Gasteiger partial charge is 0.261 e. The van der Waals surface area contributed by atoms with Crippen molar-refractivity contribution in [3.05, 3.63) is 53.6 Å². The topological polar surface area (TPSA) is 43.4 Å². The summed E-state index contributed by atoms with van der Waals surface area (Å²) in [5.74, 6) is 0.947. The Morgan fingerprint density at radius 2 is 1.61 bits per heavy atom. The van der Waals surface area contributed by atoms with Crippen LogP contribution in [-0.2, 0) is 9.05 Å². The molecule has 0 saturated carbocycles. The lowest BCUT2D eigenvalue weighted by Gasteiger charge is -2.06. The van der Waals surface area contributed by atoms with E-state index in [0.717, 1.165) is 0 Å². The van der Waals surface area contributed by atoms with E-state index in [9.17, 15) is 8.42 Å². The van der Waals surface area contributed by atoms with Crippen molar-refractivity contribution >= 4 is 31.3 Å². The molecule has 0 heterocycles. The molecule has 0 bridgehead atoms. The highest BCUT2D eigenvalue weighted by molar-refractivity contribution is 8.13. The van der Waals surface area contributed by atoms with E-state index in [2.05, 4.69) is 0 Å².